The van der Waals surface area contributed by atoms with Gasteiger partial charge in [0, 0.05) is 18.5 Å². The van der Waals surface area contributed by atoms with Crippen LogP contribution < -0.4 is 5.32 Å². The van der Waals surface area contributed by atoms with Crippen molar-refractivity contribution in [3.05, 3.63) is 80.0 Å². The van der Waals surface area contributed by atoms with Crippen molar-refractivity contribution < 1.29 is 23.5 Å². The Morgan fingerprint density at radius 3 is 2.64 bits per heavy atom. The Bertz CT molecular complexity index is 1250. The van der Waals surface area contributed by atoms with Crippen LogP contribution in [0.1, 0.15) is 31.2 Å². The van der Waals surface area contributed by atoms with Gasteiger partial charge in [-0.2, -0.15) is 0 Å². The Kier molecular flexibility index (Phi) is 6.64. The van der Waals surface area contributed by atoms with Gasteiger partial charge in [-0.05, 0) is 35.4 Å². The average molecular weight is 508 g/mol. The molecule has 2 heterocycles. The molecule has 2 aromatic carbocycles. The van der Waals surface area contributed by atoms with Gasteiger partial charge in [0.25, 0.3) is 5.91 Å². The number of thiazole rings is 1. The Balaban J connectivity index is 1.62. The molecule has 1 aliphatic heterocycles. The summed E-state index contributed by atoms with van der Waals surface area (Å²) in [6.07, 6.45) is 1.42. The Hall–Kier alpha value is -3.01. The Morgan fingerprint density at radius 1 is 1.24 bits per heavy atom. The van der Waals surface area contributed by atoms with Crippen LogP contribution >= 0.6 is 34.5 Å². The third-order valence-electron chi connectivity index (χ3n) is 5.12. The summed E-state index contributed by atoms with van der Waals surface area (Å²) in [6, 6.07) is 7.82. The fraction of sp³-hybridized carbons (Fsp3) is 0.182. The second kappa shape index (κ2) is 9.46. The molecule has 3 aromatic rings. The number of methoxy groups -OCH3 is 1. The van der Waals surface area contributed by atoms with Crippen molar-refractivity contribution in [2.24, 2.45) is 0 Å². The summed E-state index contributed by atoms with van der Waals surface area (Å²) < 4.78 is 18.0. The van der Waals surface area contributed by atoms with Crippen LogP contribution in [0.3, 0.4) is 0 Å². The van der Waals surface area contributed by atoms with E-state index in [-0.39, 0.29) is 33.9 Å². The molecular weight excluding hydrogens is 492 g/mol. The number of carbonyl (C=O) groups is 3. The molecule has 0 unspecified atom stereocenters. The molecule has 1 N–H and O–H groups in total. The van der Waals surface area contributed by atoms with Gasteiger partial charge in [0.2, 0.25) is 5.91 Å². The quantitative estimate of drug-likeness (QED) is 0.493. The number of anilines is 1. The summed E-state index contributed by atoms with van der Waals surface area (Å²) in [5.74, 6) is -1.87. The summed E-state index contributed by atoms with van der Waals surface area (Å²) in [7, 11) is 1.24. The number of fused-ring (bicyclic) bond motifs is 1. The Morgan fingerprint density at radius 2 is 1.94 bits per heavy atom. The molecule has 33 heavy (non-hydrogen) atoms. The van der Waals surface area contributed by atoms with Gasteiger partial charge in [0.15, 0.2) is 5.13 Å². The average Bonchev–Trinajstić information content (AvgIpc) is 3.38. The molecule has 0 spiro atoms. The van der Waals surface area contributed by atoms with E-state index in [1.54, 1.807) is 18.2 Å². The van der Waals surface area contributed by atoms with Crippen LogP contribution in [0.5, 0.6) is 0 Å². The normalized spacial score (nSPS) is 13.6. The van der Waals surface area contributed by atoms with Crippen molar-refractivity contribution in [2.75, 3.05) is 12.4 Å². The first-order valence-corrected chi connectivity index (χ1v) is 11.2. The number of benzene rings is 2. The standard InChI is InChI=1S/C22H16Cl2FN3O4S/c1-32-21(31)18-9-26-22(33-18)27-19(29)17(6-11-2-4-13(25)5-3-11)28-10-12-7-15(23)16(24)8-14(12)20(28)30/h2-5,7-9,17H,6,10H2,1H3,(H,26,27,29)/t17-/m0/s1. The van der Waals surface area contributed by atoms with E-state index in [1.165, 1.54) is 36.4 Å². The topological polar surface area (TPSA) is 88.6 Å². The fourth-order valence-corrected chi connectivity index (χ4v) is 4.57. The van der Waals surface area contributed by atoms with Crippen molar-refractivity contribution in [3.63, 3.8) is 0 Å². The molecule has 11 heteroatoms. The number of hydrogen-bond acceptors (Lipinski definition) is 6. The zero-order valence-electron chi connectivity index (χ0n) is 17.1. The molecule has 2 amide bonds. The molecule has 1 atom stereocenters. The molecule has 0 saturated heterocycles. The van der Waals surface area contributed by atoms with Crippen LogP contribution in [0.4, 0.5) is 9.52 Å². The maximum Gasteiger partial charge on any atom is 0.349 e. The first-order chi connectivity index (χ1) is 15.8. The molecule has 0 fully saturated rings. The van der Waals surface area contributed by atoms with Crippen LogP contribution in [-0.4, -0.2) is 40.8 Å². The van der Waals surface area contributed by atoms with Gasteiger partial charge in [-0.25, -0.2) is 14.2 Å². The van der Waals surface area contributed by atoms with Crippen LogP contribution in [0.2, 0.25) is 10.0 Å². The van der Waals surface area contributed by atoms with E-state index in [2.05, 4.69) is 15.0 Å². The van der Waals surface area contributed by atoms with Gasteiger partial charge < -0.3 is 15.0 Å². The summed E-state index contributed by atoms with van der Waals surface area (Å²) >= 11 is 13.1. The van der Waals surface area contributed by atoms with Crippen LogP contribution in [0, 0.1) is 5.82 Å². The lowest BCUT2D eigenvalue weighted by atomic mass is 10.0. The summed E-state index contributed by atoms with van der Waals surface area (Å²) in [4.78, 5) is 43.8. The third kappa shape index (κ3) is 4.85. The SMILES string of the molecule is COC(=O)c1cnc(NC(=O)[C@H](Cc2ccc(F)cc2)N2Cc3cc(Cl)c(Cl)cc3C2=O)s1. The maximum absolute atomic E-state index is 13.4. The number of ether oxygens (including phenoxy) is 1. The highest BCUT2D eigenvalue weighted by molar-refractivity contribution is 7.17. The number of nitrogens with zero attached hydrogens (tertiary/aromatic N) is 2. The van der Waals surface area contributed by atoms with Crippen molar-refractivity contribution in [1.29, 1.82) is 0 Å². The number of amides is 2. The van der Waals surface area contributed by atoms with E-state index in [0.717, 1.165) is 11.3 Å². The molecule has 4 rings (SSSR count). The summed E-state index contributed by atoms with van der Waals surface area (Å²) in [6.45, 7) is 0.148. The monoisotopic (exact) mass is 507 g/mol. The number of nitrogens with one attached hydrogen (secondary N) is 1. The van der Waals surface area contributed by atoms with Gasteiger partial charge in [-0.1, -0.05) is 46.7 Å². The second-order valence-corrected chi connectivity index (χ2v) is 9.06. The first kappa shape index (κ1) is 23.2. The van der Waals surface area contributed by atoms with Crippen LogP contribution in [0.15, 0.2) is 42.6 Å². The zero-order chi connectivity index (χ0) is 23.7. The number of aromatic nitrogens is 1. The summed E-state index contributed by atoms with van der Waals surface area (Å²) in [5.41, 5.74) is 1.67. The van der Waals surface area contributed by atoms with Gasteiger partial charge in [0.1, 0.15) is 16.7 Å². The Labute approximate surface area is 202 Å². The molecular formula is C22H16Cl2FN3O4S. The number of rotatable bonds is 6. The van der Waals surface area contributed by atoms with Crippen molar-refractivity contribution in [2.45, 2.75) is 19.0 Å². The van der Waals surface area contributed by atoms with E-state index in [9.17, 15) is 18.8 Å². The van der Waals surface area contributed by atoms with Crippen LogP contribution in [-0.2, 0) is 22.5 Å². The first-order valence-electron chi connectivity index (χ1n) is 9.65. The molecule has 0 bridgehead atoms. The molecule has 170 valence electrons. The lowest BCUT2D eigenvalue weighted by Gasteiger charge is -2.26. The summed E-state index contributed by atoms with van der Waals surface area (Å²) in [5, 5.41) is 3.39. The highest BCUT2D eigenvalue weighted by Crippen LogP contribution is 2.33. The second-order valence-electron chi connectivity index (χ2n) is 7.21. The van der Waals surface area contributed by atoms with Gasteiger partial charge in [-0.3, -0.25) is 9.59 Å². The lowest BCUT2D eigenvalue weighted by molar-refractivity contribution is -0.120. The smallest absolute Gasteiger partial charge is 0.349 e. The molecule has 0 radical (unpaired) electrons. The molecule has 1 aromatic heterocycles. The third-order valence-corrected chi connectivity index (χ3v) is 6.74. The largest absolute Gasteiger partial charge is 0.465 e. The maximum atomic E-state index is 13.4. The zero-order valence-corrected chi connectivity index (χ0v) is 19.4. The number of halogens is 3. The highest BCUT2D eigenvalue weighted by Gasteiger charge is 2.37. The number of carbonyl (C=O) groups excluding carboxylic acids is 3. The van der Waals surface area contributed by atoms with E-state index in [1.807, 2.05) is 0 Å². The predicted molar refractivity (Wildman–Crippen MR) is 122 cm³/mol. The minimum atomic E-state index is -0.946. The molecule has 1 aliphatic rings. The van der Waals surface area contributed by atoms with Crippen molar-refractivity contribution in [3.8, 4) is 0 Å². The molecule has 7 nitrogen and oxygen atoms in total. The number of hydrogen-bond donors (Lipinski definition) is 1. The lowest BCUT2D eigenvalue weighted by Crippen LogP contribution is -2.45. The highest BCUT2D eigenvalue weighted by atomic mass is 35.5. The fourth-order valence-electron chi connectivity index (χ4n) is 3.48. The van der Waals surface area contributed by atoms with Crippen molar-refractivity contribution in [1.82, 2.24) is 9.88 Å². The van der Waals surface area contributed by atoms with E-state index >= 15 is 0 Å². The van der Waals surface area contributed by atoms with Crippen molar-refractivity contribution >= 4 is 57.5 Å². The molecule has 0 saturated carbocycles. The van der Waals surface area contributed by atoms with Gasteiger partial charge in [-0.15, -0.1) is 0 Å². The van der Waals surface area contributed by atoms with Crippen LogP contribution in [0.25, 0.3) is 0 Å². The minimum Gasteiger partial charge on any atom is -0.465 e. The van der Waals surface area contributed by atoms with Gasteiger partial charge >= 0.3 is 5.97 Å². The molecule has 0 aliphatic carbocycles. The van der Waals surface area contributed by atoms with Gasteiger partial charge in [0.05, 0.1) is 23.4 Å². The van der Waals surface area contributed by atoms with E-state index < -0.39 is 23.7 Å². The predicted octanol–water partition coefficient (Wildman–Crippen LogP) is 4.58. The van der Waals surface area contributed by atoms with E-state index in [0.29, 0.717) is 21.7 Å². The van der Waals surface area contributed by atoms with E-state index in [4.69, 9.17) is 23.2 Å². The number of esters is 1. The minimum absolute atomic E-state index is 0.128.